The van der Waals surface area contributed by atoms with Gasteiger partial charge in [-0.1, -0.05) is 0 Å². The smallest absolute Gasteiger partial charge is 2.00 e. The second-order valence-corrected chi connectivity index (χ2v) is 0. The molecule has 7 heavy (non-hydrogen) atoms. The molecule has 0 fully saturated rings. The Morgan fingerprint density at radius 1 is 0.857 bits per heavy atom. The van der Waals surface area contributed by atoms with Gasteiger partial charge in [-0.05, 0) is 0 Å². The van der Waals surface area contributed by atoms with Crippen LogP contribution < -0.4 is 0 Å². The maximum atomic E-state index is 0. The Balaban J connectivity index is 0. The molecule has 1 atom stereocenters. The van der Waals surface area contributed by atoms with E-state index in [1.165, 1.54) is 0 Å². The molecule has 51 valence electrons. The summed E-state index contributed by atoms with van der Waals surface area (Å²) in [5.74, 6) is 0. The molecule has 0 rings (SSSR count). The van der Waals surface area contributed by atoms with Gasteiger partial charge >= 0.3 is 33.9 Å². The molecule has 0 bridgehead atoms. The molecule has 0 saturated heterocycles. The Kier molecular flexibility index (Phi) is 6470. The molecule has 0 aliphatic heterocycles. The van der Waals surface area contributed by atoms with Crippen LogP contribution in [0.3, 0.4) is 0 Å². The zero-order valence-electron chi connectivity index (χ0n) is 3.20. The van der Waals surface area contributed by atoms with E-state index in [2.05, 4.69) is 0 Å². The van der Waals surface area contributed by atoms with Crippen LogP contribution >= 0.6 is 9.90 Å². The Morgan fingerprint density at radius 3 is 0.857 bits per heavy atom. The fourth-order valence-corrected chi connectivity index (χ4v) is 0. The van der Waals surface area contributed by atoms with Gasteiger partial charge in [-0.25, -0.2) is 0 Å². The number of rotatable bonds is 0. The van der Waals surface area contributed by atoms with E-state index in [1.807, 2.05) is 0 Å². The molecule has 0 saturated carbocycles. The van der Waals surface area contributed by atoms with Gasteiger partial charge in [0.2, 0.25) is 0 Å². The van der Waals surface area contributed by atoms with E-state index in [0.29, 0.717) is 0 Å². The summed E-state index contributed by atoms with van der Waals surface area (Å²) in [6.45, 7) is 0. The number of hydrogen-bond acceptors (Lipinski definition) is 1. The van der Waals surface area contributed by atoms with Crippen molar-refractivity contribution in [1.82, 2.24) is 0 Å². The van der Waals surface area contributed by atoms with Crippen molar-refractivity contribution in [3.63, 3.8) is 0 Å². The van der Waals surface area contributed by atoms with Crippen LogP contribution in [0.2, 0.25) is 0 Å². The van der Waals surface area contributed by atoms with Crippen LogP contribution in [0, 0.1) is 0 Å². The van der Waals surface area contributed by atoms with Crippen molar-refractivity contribution < 1.29 is 55.8 Å². The first kappa shape index (κ1) is 263. The van der Waals surface area contributed by atoms with E-state index in [1.54, 1.807) is 0 Å². The van der Waals surface area contributed by atoms with Crippen LogP contribution in [-0.2, 0) is 44.8 Å². The maximum absolute atomic E-state index is 0. The Morgan fingerprint density at radius 2 is 0.857 bits per heavy atom. The van der Waals surface area contributed by atoms with Gasteiger partial charge in [-0.3, -0.25) is 0 Å². The third-order valence-corrected chi connectivity index (χ3v) is 0. The Hall–Kier alpha value is 1.30. The molecule has 0 aliphatic carbocycles. The van der Waals surface area contributed by atoms with E-state index in [0.717, 1.165) is 0 Å². The van der Waals surface area contributed by atoms with Gasteiger partial charge in [0.25, 0.3) is 0 Å². The predicted molar refractivity (Wildman–Crippen MR) is 18.0 cm³/mol. The standard InChI is InChI=1S/Cr.Ni.2H2O.2O.H3P/h;;2*1H2;;;1H3/q+3;+2;;;2*-2;/p-1. The van der Waals surface area contributed by atoms with Gasteiger partial charge in [0.05, 0.1) is 0 Å². The Bertz CT molecular complexity index is 11.7. The summed E-state index contributed by atoms with van der Waals surface area (Å²) in [6, 6.07) is 0. The van der Waals surface area contributed by atoms with E-state index in [4.69, 9.17) is 0 Å². The molecule has 3 N–H and O–H groups in total. The summed E-state index contributed by atoms with van der Waals surface area (Å²) in [6.07, 6.45) is 0. The van der Waals surface area contributed by atoms with E-state index < -0.39 is 0 Å². The van der Waals surface area contributed by atoms with Crippen LogP contribution in [0.15, 0.2) is 0 Å². The number of hydrogen-bond donors (Lipinski definition) is 0. The first-order valence-corrected chi connectivity index (χ1v) is 0. The Labute approximate surface area is 66.0 Å². The molecule has 4 nitrogen and oxygen atoms in total. The summed E-state index contributed by atoms with van der Waals surface area (Å²) < 4.78 is 0. The molecule has 7 heteroatoms. The van der Waals surface area contributed by atoms with Crippen molar-refractivity contribution in [2.75, 3.05) is 0 Å². The van der Waals surface area contributed by atoms with Gasteiger partial charge < -0.3 is 21.9 Å². The van der Waals surface area contributed by atoms with Crippen LogP contribution in [0.1, 0.15) is 0 Å². The van der Waals surface area contributed by atoms with Gasteiger partial charge in [-0.2, -0.15) is 9.90 Å². The van der Waals surface area contributed by atoms with Crippen LogP contribution in [0.25, 0.3) is 0 Å². The second kappa shape index (κ2) is 172. The quantitative estimate of drug-likeness (QED) is 0.364. The van der Waals surface area contributed by atoms with Crippen molar-refractivity contribution in [3.05, 3.63) is 0 Å². The van der Waals surface area contributed by atoms with E-state index in [-0.39, 0.29) is 65.7 Å². The molecule has 0 spiro atoms. The second-order valence-electron chi connectivity index (χ2n) is 0. The fourth-order valence-electron chi connectivity index (χ4n) is 0. The minimum absolute atomic E-state index is 0. The zero-order valence-corrected chi connectivity index (χ0v) is 6.87. The third-order valence-electron chi connectivity index (χ3n) is 0. The third kappa shape index (κ3) is 122. The maximum Gasteiger partial charge on any atom is 3.00 e. The zero-order chi connectivity index (χ0) is 0. The average molecular weight is 212 g/mol. The van der Waals surface area contributed by atoms with Gasteiger partial charge in [0, 0.05) is 0 Å². The summed E-state index contributed by atoms with van der Waals surface area (Å²) >= 11 is 0. The van der Waals surface area contributed by atoms with Crippen LogP contribution in [0.4, 0.5) is 0 Å². The molecular weight excluding hydrogens is 206 g/mol. The molecule has 1 radical (unpaired) electrons. The van der Waals surface area contributed by atoms with Crippen molar-refractivity contribution in [2.45, 2.75) is 0 Å². The molecule has 0 aliphatic rings. The van der Waals surface area contributed by atoms with Crippen LogP contribution in [0.5, 0.6) is 0 Å². The monoisotopic (exact) mass is 211 g/mol. The van der Waals surface area contributed by atoms with Crippen molar-refractivity contribution in [2.24, 2.45) is 0 Å². The normalized spacial score (nSPS) is 0. The minimum Gasteiger partial charge on any atom is -2.00 e. The predicted octanol–water partition coefficient (Wildman–Crippen LogP) is -1.19. The van der Waals surface area contributed by atoms with Crippen molar-refractivity contribution >= 4 is 9.90 Å². The fraction of sp³-hybridized carbons (Fsp3) is 0. The van der Waals surface area contributed by atoms with E-state index in [9.17, 15) is 0 Å². The molecule has 0 aromatic heterocycles. The van der Waals surface area contributed by atoms with Crippen LogP contribution in [-0.4, -0.2) is 11.0 Å². The summed E-state index contributed by atoms with van der Waals surface area (Å²) in [4.78, 5) is 0. The SMILES string of the molecule is O.P.[Cr+3].[Ni+2].[O-2].[O-2].[OH-]. The first-order chi connectivity index (χ1) is 0. The molecule has 0 aromatic rings. The van der Waals surface area contributed by atoms with Gasteiger partial charge in [-0.15, -0.1) is 0 Å². The molecule has 1 unspecified atom stereocenters. The summed E-state index contributed by atoms with van der Waals surface area (Å²) in [5, 5.41) is 0. The molecule has 0 heterocycles. The molecule has 0 aromatic carbocycles. The molecule has 0 amide bonds. The van der Waals surface area contributed by atoms with Gasteiger partial charge in [0.1, 0.15) is 0 Å². The van der Waals surface area contributed by atoms with Gasteiger partial charge in [0.15, 0.2) is 0 Å². The van der Waals surface area contributed by atoms with Crippen molar-refractivity contribution in [3.8, 4) is 0 Å². The first-order valence-electron chi connectivity index (χ1n) is 0. The topological polar surface area (TPSA) is 118 Å². The largest absolute Gasteiger partial charge is 3.00 e. The molecular formula is H6CrNiO4P. The average Bonchev–Trinajstić information content (AvgIpc) is 0. The minimum atomic E-state index is 0. The summed E-state index contributed by atoms with van der Waals surface area (Å²) in [7, 11) is 0. The van der Waals surface area contributed by atoms with Crippen molar-refractivity contribution in [1.29, 1.82) is 0 Å². The summed E-state index contributed by atoms with van der Waals surface area (Å²) in [5.41, 5.74) is 0. The van der Waals surface area contributed by atoms with E-state index >= 15 is 0 Å².